The highest BCUT2D eigenvalue weighted by atomic mass is 32.2. The van der Waals surface area contributed by atoms with E-state index < -0.39 is 0 Å². The Kier molecular flexibility index (Phi) is 7.45. The van der Waals surface area contributed by atoms with Crippen molar-refractivity contribution in [2.75, 3.05) is 50.5 Å². The standard InChI is InChI=1S/C23H27N3O4S/c27-22-6-13-31-21-5-4-18(15-20(21)25-22)23(28)24-16-17-2-1-3-19(14-17)30-12-9-26-7-10-29-11-8-26/h1-5,14-15H,6-13,16H2,(H,24,28)(H,25,27). The molecular weight excluding hydrogens is 414 g/mol. The molecule has 2 aromatic rings. The molecule has 4 rings (SSSR count). The van der Waals surface area contributed by atoms with Gasteiger partial charge in [0, 0.05) is 48.8 Å². The predicted octanol–water partition coefficient (Wildman–Crippen LogP) is 2.76. The van der Waals surface area contributed by atoms with Crippen LogP contribution in [0.5, 0.6) is 5.75 Å². The zero-order chi connectivity index (χ0) is 21.5. The van der Waals surface area contributed by atoms with Crippen molar-refractivity contribution < 1.29 is 19.1 Å². The summed E-state index contributed by atoms with van der Waals surface area (Å²) < 4.78 is 11.2. The monoisotopic (exact) mass is 441 g/mol. The summed E-state index contributed by atoms with van der Waals surface area (Å²) in [5.74, 6) is 1.35. The molecule has 8 heteroatoms. The van der Waals surface area contributed by atoms with Crippen molar-refractivity contribution in [1.29, 1.82) is 0 Å². The molecule has 1 saturated heterocycles. The first-order valence-electron chi connectivity index (χ1n) is 10.5. The number of fused-ring (bicyclic) bond motifs is 1. The number of morpholine rings is 1. The van der Waals surface area contributed by atoms with Gasteiger partial charge in [0.2, 0.25) is 5.91 Å². The van der Waals surface area contributed by atoms with Crippen LogP contribution >= 0.6 is 11.8 Å². The third-order valence-electron chi connectivity index (χ3n) is 5.23. The van der Waals surface area contributed by atoms with Gasteiger partial charge in [0.25, 0.3) is 5.91 Å². The average molecular weight is 442 g/mol. The molecule has 0 atom stereocenters. The lowest BCUT2D eigenvalue weighted by atomic mass is 10.1. The molecule has 0 bridgehead atoms. The van der Waals surface area contributed by atoms with Gasteiger partial charge in [-0.3, -0.25) is 14.5 Å². The van der Waals surface area contributed by atoms with E-state index in [0.717, 1.165) is 54.8 Å². The molecule has 2 aliphatic rings. The van der Waals surface area contributed by atoms with Crippen LogP contribution in [0.15, 0.2) is 47.4 Å². The van der Waals surface area contributed by atoms with Crippen LogP contribution in [0.25, 0.3) is 0 Å². The molecular formula is C23H27N3O4S. The van der Waals surface area contributed by atoms with E-state index >= 15 is 0 Å². The van der Waals surface area contributed by atoms with Crippen LogP contribution in [0.3, 0.4) is 0 Å². The summed E-state index contributed by atoms with van der Waals surface area (Å²) in [7, 11) is 0. The Morgan fingerprint density at radius 3 is 2.94 bits per heavy atom. The van der Waals surface area contributed by atoms with Crippen molar-refractivity contribution >= 4 is 29.3 Å². The first-order valence-corrected chi connectivity index (χ1v) is 11.5. The van der Waals surface area contributed by atoms with Gasteiger partial charge in [-0.05, 0) is 35.9 Å². The Morgan fingerprint density at radius 1 is 1.19 bits per heavy atom. The van der Waals surface area contributed by atoms with Crippen molar-refractivity contribution in [3.63, 3.8) is 0 Å². The molecule has 0 spiro atoms. The summed E-state index contributed by atoms with van der Waals surface area (Å²) in [6.45, 7) is 5.35. The molecule has 0 radical (unpaired) electrons. The maximum absolute atomic E-state index is 12.6. The number of thioether (sulfide) groups is 1. The molecule has 0 saturated carbocycles. The number of rotatable bonds is 7. The van der Waals surface area contributed by atoms with Crippen molar-refractivity contribution in [2.24, 2.45) is 0 Å². The number of amides is 2. The van der Waals surface area contributed by atoms with E-state index in [1.165, 1.54) is 0 Å². The summed E-state index contributed by atoms with van der Waals surface area (Å²) in [6.07, 6.45) is 0.478. The SMILES string of the molecule is O=C1CCSc2ccc(C(=O)NCc3cccc(OCCN4CCOCC4)c3)cc2N1. The molecule has 164 valence electrons. The second-order valence-electron chi connectivity index (χ2n) is 7.49. The Balaban J connectivity index is 1.29. The third-order valence-corrected chi connectivity index (χ3v) is 6.31. The summed E-state index contributed by atoms with van der Waals surface area (Å²) in [4.78, 5) is 27.7. The number of hydrogen-bond donors (Lipinski definition) is 2. The fraction of sp³-hybridized carbons (Fsp3) is 0.391. The van der Waals surface area contributed by atoms with Gasteiger partial charge < -0.3 is 20.1 Å². The molecule has 31 heavy (non-hydrogen) atoms. The number of hydrogen-bond acceptors (Lipinski definition) is 6. The fourth-order valence-electron chi connectivity index (χ4n) is 3.51. The average Bonchev–Trinajstić information content (AvgIpc) is 2.98. The lowest BCUT2D eigenvalue weighted by molar-refractivity contribution is -0.115. The lowest BCUT2D eigenvalue weighted by Gasteiger charge is -2.26. The molecule has 0 aliphatic carbocycles. The summed E-state index contributed by atoms with van der Waals surface area (Å²) in [6, 6.07) is 13.2. The topological polar surface area (TPSA) is 79.9 Å². The Morgan fingerprint density at radius 2 is 2.06 bits per heavy atom. The maximum atomic E-state index is 12.6. The molecule has 2 heterocycles. The Hall–Kier alpha value is -2.55. The van der Waals surface area contributed by atoms with Gasteiger partial charge in [0.1, 0.15) is 12.4 Å². The second kappa shape index (κ2) is 10.7. The van der Waals surface area contributed by atoms with Crippen molar-refractivity contribution in [1.82, 2.24) is 10.2 Å². The number of nitrogens with one attached hydrogen (secondary N) is 2. The van der Waals surface area contributed by atoms with Crippen molar-refractivity contribution in [2.45, 2.75) is 17.9 Å². The summed E-state index contributed by atoms with van der Waals surface area (Å²) >= 11 is 1.62. The molecule has 2 N–H and O–H groups in total. The molecule has 0 aromatic heterocycles. The minimum atomic E-state index is -0.176. The zero-order valence-electron chi connectivity index (χ0n) is 17.4. The Bertz CT molecular complexity index is 931. The zero-order valence-corrected chi connectivity index (χ0v) is 18.2. The van der Waals surface area contributed by atoms with E-state index in [1.807, 2.05) is 30.3 Å². The molecule has 7 nitrogen and oxygen atoms in total. The highest BCUT2D eigenvalue weighted by Gasteiger charge is 2.16. The van der Waals surface area contributed by atoms with E-state index in [1.54, 1.807) is 23.9 Å². The largest absolute Gasteiger partial charge is 0.492 e. The van der Waals surface area contributed by atoms with Crippen LogP contribution in [0.4, 0.5) is 5.69 Å². The highest BCUT2D eigenvalue weighted by molar-refractivity contribution is 7.99. The smallest absolute Gasteiger partial charge is 0.251 e. The fourth-order valence-corrected chi connectivity index (χ4v) is 4.45. The molecule has 1 fully saturated rings. The minimum absolute atomic E-state index is 0.0192. The van der Waals surface area contributed by atoms with Crippen LogP contribution in [0, 0.1) is 0 Å². The van der Waals surface area contributed by atoms with E-state index in [9.17, 15) is 9.59 Å². The number of carbonyl (C=O) groups is 2. The van der Waals surface area contributed by atoms with Gasteiger partial charge in [-0.15, -0.1) is 11.8 Å². The van der Waals surface area contributed by atoms with Gasteiger partial charge >= 0.3 is 0 Å². The number of nitrogens with zero attached hydrogens (tertiary/aromatic N) is 1. The Labute approximate surface area is 186 Å². The van der Waals surface area contributed by atoms with Crippen LogP contribution in [0.1, 0.15) is 22.3 Å². The molecule has 2 aliphatic heterocycles. The third kappa shape index (κ3) is 6.22. The van der Waals surface area contributed by atoms with Crippen LogP contribution in [0.2, 0.25) is 0 Å². The maximum Gasteiger partial charge on any atom is 0.251 e. The molecule has 0 unspecified atom stereocenters. The van der Waals surface area contributed by atoms with Gasteiger partial charge in [-0.2, -0.15) is 0 Å². The van der Waals surface area contributed by atoms with Gasteiger partial charge in [-0.25, -0.2) is 0 Å². The lowest BCUT2D eigenvalue weighted by Crippen LogP contribution is -2.38. The first kappa shape index (κ1) is 21.7. The van der Waals surface area contributed by atoms with Gasteiger partial charge in [-0.1, -0.05) is 12.1 Å². The van der Waals surface area contributed by atoms with Gasteiger partial charge in [0.05, 0.1) is 18.9 Å². The quantitative estimate of drug-likeness (QED) is 0.688. The number of carbonyl (C=O) groups excluding carboxylic acids is 2. The van der Waals surface area contributed by atoms with Crippen LogP contribution in [-0.4, -0.2) is 61.9 Å². The van der Waals surface area contributed by atoms with E-state index in [2.05, 4.69) is 15.5 Å². The van der Waals surface area contributed by atoms with Crippen LogP contribution in [-0.2, 0) is 16.1 Å². The van der Waals surface area contributed by atoms with E-state index in [4.69, 9.17) is 9.47 Å². The number of ether oxygens (including phenoxy) is 2. The normalized spacial score (nSPS) is 16.7. The van der Waals surface area contributed by atoms with E-state index in [-0.39, 0.29) is 11.8 Å². The highest BCUT2D eigenvalue weighted by Crippen LogP contribution is 2.31. The second-order valence-corrected chi connectivity index (χ2v) is 8.63. The predicted molar refractivity (Wildman–Crippen MR) is 121 cm³/mol. The number of anilines is 1. The minimum Gasteiger partial charge on any atom is -0.492 e. The first-order chi connectivity index (χ1) is 15.2. The van der Waals surface area contributed by atoms with Crippen molar-refractivity contribution in [3.05, 3.63) is 53.6 Å². The van der Waals surface area contributed by atoms with Gasteiger partial charge in [0.15, 0.2) is 0 Å². The molecule has 2 aromatic carbocycles. The van der Waals surface area contributed by atoms with Crippen LogP contribution < -0.4 is 15.4 Å². The van der Waals surface area contributed by atoms with Crippen molar-refractivity contribution in [3.8, 4) is 5.75 Å². The van der Waals surface area contributed by atoms with E-state index in [0.29, 0.717) is 30.8 Å². The summed E-state index contributed by atoms with van der Waals surface area (Å²) in [5, 5.41) is 5.82. The number of benzene rings is 2. The summed E-state index contributed by atoms with van der Waals surface area (Å²) in [5.41, 5.74) is 2.20. The molecule has 2 amide bonds.